The lowest BCUT2D eigenvalue weighted by Gasteiger charge is -2.22. The highest BCUT2D eigenvalue weighted by molar-refractivity contribution is 5.94. The van der Waals surface area contributed by atoms with E-state index >= 15 is 0 Å². The number of aromatic nitrogens is 1. The van der Waals surface area contributed by atoms with Gasteiger partial charge in [0.25, 0.3) is 5.91 Å². The molecular weight excluding hydrogens is 323 g/mol. The van der Waals surface area contributed by atoms with Crippen LogP contribution in [0.2, 0.25) is 0 Å². The molecule has 1 aromatic carbocycles. The Morgan fingerprint density at radius 1 is 1.28 bits per heavy atom. The second kappa shape index (κ2) is 6.90. The van der Waals surface area contributed by atoms with Crippen LogP contribution in [0.5, 0.6) is 0 Å². The Kier molecular flexibility index (Phi) is 4.46. The van der Waals surface area contributed by atoms with Crippen LogP contribution in [0.4, 0.5) is 4.39 Å². The smallest absolute Gasteiger partial charge is 0.254 e. The molecule has 2 fully saturated rings. The first-order valence-electron chi connectivity index (χ1n) is 8.37. The van der Waals surface area contributed by atoms with Crippen LogP contribution in [0, 0.1) is 11.7 Å². The van der Waals surface area contributed by atoms with E-state index in [0.717, 1.165) is 5.56 Å². The van der Waals surface area contributed by atoms with E-state index in [1.807, 2.05) is 12.1 Å². The molecule has 25 heavy (non-hydrogen) atoms. The van der Waals surface area contributed by atoms with E-state index in [4.69, 9.17) is 9.47 Å². The van der Waals surface area contributed by atoms with Crippen molar-refractivity contribution >= 4 is 5.91 Å². The van der Waals surface area contributed by atoms with E-state index in [1.54, 1.807) is 17.3 Å². The Hall–Kier alpha value is -2.31. The molecule has 2 aliphatic heterocycles. The van der Waals surface area contributed by atoms with Crippen LogP contribution < -0.4 is 0 Å². The number of hydrogen-bond acceptors (Lipinski definition) is 4. The normalized spacial score (nSPS) is 25.2. The third kappa shape index (κ3) is 3.27. The summed E-state index contributed by atoms with van der Waals surface area (Å²) < 4.78 is 24.7. The minimum absolute atomic E-state index is 0.0106. The topological polar surface area (TPSA) is 51.7 Å². The van der Waals surface area contributed by atoms with Gasteiger partial charge in [-0.25, -0.2) is 4.39 Å². The molecule has 2 aromatic rings. The molecule has 2 aliphatic rings. The lowest BCUT2D eigenvalue weighted by atomic mass is 10.0. The summed E-state index contributed by atoms with van der Waals surface area (Å²) in [6, 6.07) is 9.51. The molecule has 6 heteroatoms. The highest BCUT2D eigenvalue weighted by Gasteiger charge is 2.48. The highest BCUT2D eigenvalue weighted by atomic mass is 19.1. The number of fused-ring (bicyclic) bond motifs is 1. The third-order valence-corrected chi connectivity index (χ3v) is 4.89. The van der Waals surface area contributed by atoms with Gasteiger partial charge < -0.3 is 14.4 Å². The quantitative estimate of drug-likeness (QED) is 0.855. The molecule has 0 N–H and O–H groups in total. The van der Waals surface area contributed by atoms with Gasteiger partial charge in [-0.2, -0.15) is 0 Å². The maximum absolute atomic E-state index is 13.1. The molecule has 0 saturated carbocycles. The van der Waals surface area contributed by atoms with Gasteiger partial charge in [-0.1, -0.05) is 6.07 Å². The Labute approximate surface area is 145 Å². The molecule has 130 valence electrons. The van der Waals surface area contributed by atoms with Crippen molar-refractivity contribution in [2.45, 2.75) is 18.8 Å². The zero-order chi connectivity index (χ0) is 17.2. The lowest BCUT2D eigenvalue weighted by Crippen LogP contribution is -2.38. The van der Waals surface area contributed by atoms with Gasteiger partial charge in [-0.15, -0.1) is 0 Å². The summed E-state index contributed by atoms with van der Waals surface area (Å²) in [5.74, 6) is -0.285. The van der Waals surface area contributed by atoms with Crippen LogP contribution in [0.1, 0.15) is 15.9 Å². The van der Waals surface area contributed by atoms with Crippen molar-refractivity contribution in [2.75, 3.05) is 19.8 Å². The van der Waals surface area contributed by atoms with Crippen LogP contribution in [0.15, 0.2) is 48.8 Å². The number of halogens is 1. The number of nitrogens with zero attached hydrogens (tertiary/aromatic N) is 2. The van der Waals surface area contributed by atoms with Crippen molar-refractivity contribution in [1.82, 2.24) is 9.88 Å². The molecule has 0 unspecified atom stereocenters. The Morgan fingerprint density at radius 2 is 2.12 bits per heavy atom. The maximum Gasteiger partial charge on any atom is 0.254 e. The van der Waals surface area contributed by atoms with Crippen molar-refractivity contribution in [3.63, 3.8) is 0 Å². The summed E-state index contributed by atoms with van der Waals surface area (Å²) in [7, 11) is 0. The average Bonchev–Trinajstić information content (AvgIpc) is 3.24. The van der Waals surface area contributed by atoms with E-state index < -0.39 is 0 Å². The number of hydrogen-bond donors (Lipinski definition) is 0. The number of likely N-dealkylation sites (tertiary alicyclic amines) is 1. The van der Waals surface area contributed by atoms with E-state index in [1.165, 1.54) is 24.3 Å². The SMILES string of the molecule is O=C(c1ccc(F)cc1)N1C[C@H](OCc2cccnc2)[C@@H]2COC[C@@H]21. The first kappa shape index (κ1) is 16.2. The molecule has 3 heterocycles. The number of ether oxygens (including phenoxy) is 2. The summed E-state index contributed by atoms with van der Waals surface area (Å²) in [6.07, 6.45) is 3.43. The van der Waals surface area contributed by atoms with Gasteiger partial charge in [0.15, 0.2) is 0 Å². The predicted octanol–water partition coefficient (Wildman–Crippen LogP) is 2.28. The largest absolute Gasteiger partial charge is 0.379 e. The molecule has 2 saturated heterocycles. The number of benzene rings is 1. The third-order valence-electron chi connectivity index (χ3n) is 4.89. The monoisotopic (exact) mass is 342 g/mol. The second-order valence-corrected chi connectivity index (χ2v) is 6.44. The summed E-state index contributed by atoms with van der Waals surface area (Å²) in [6.45, 7) is 2.09. The standard InChI is InChI=1S/C19H19FN2O3/c20-15-5-3-14(4-6-15)19(23)22-9-18(16-11-24-12-17(16)22)25-10-13-2-1-7-21-8-13/h1-8,16-18H,9-12H2/t16-,17+,18+/m1/s1. The molecular formula is C19H19FN2O3. The van der Waals surface area contributed by atoms with Crippen LogP contribution in [-0.2, 0) is 16.1 Å². The predicted molar refractivity (Wildman–Crippen MR) is 88.3 cm³/mol. The first-order valence-corrected chi connectivity index (χ1v) is 8.37. The molecule has 1 aromatic heterocycles. The van der Waals surface area contributed by atoms with Crippen molar-refractivity contribution in [3.8, 4) is 0 Å². The number of rotatable bonds is 4. The zero-order valence-corrected chi connectivity index (χ0v) is 13.7. The van der Waals surface area contributed by atoms with Crippen molar-refractivity contribution < 1.29 is 18.7 Å². The van der Waals surface area contributed by atoms with Gasteiger partial charge in [-0.3, -0.25) is 9.78 Å². The maximum atomic E-state index is 13.1. The minimum atomic E-state index is -0.349. The van der Waals surface area contributed by atoms with Gasteiger partial charge in [0.05, 0.1) is 32.0 Å². The van der Waals surface area contributed by atoms with E-state index in [2.05, 4.69) is 4.98 Å². The molecule has 0 spiro atoms. The zero-order valence-electron chi connectivity index (χ0n) is 13.7. The van der Waals surface area contributed by atoms with Gasteiger partial charge in [-0.05, 0) is 35.9 Å². The summed E-state index contributed by atoms with van der Waals surface area (Å²) in [5.41, 5.74) is 1.49. The van der Waals surface area contributed by atoms with Crippen LogP contribution in [0.3, 0.4) is 0 Å². The highest BCUT2D eigenvalue weighted by Crippen LogP contribution is 2.33. The van der Waals surface area contributed by atoms with Crippen molar-refractivity contribution in [3.05, 3.63) is 65.7 Å². The summed E-state index contributed by atoms with van der Waals surface area (Å²) in [5, 5.41) is 0. The Morgan fingerprint density at radius 3 is 2.88 bits per heavy atom. The van der Waals surface area contributed by atoms with E-state index in [9.17, 15) is 9.18 Å². The number of carbonyl (C=O) groups is 1. The first-order chi connectivity index (χ1) is 12.2. The average molecular weight is 342 g/mol. The molecule has 4 rings (SSSR count). The van der Waals surface area contributed by atoms with Crippen LogP contribution in [-0.4, -0.2) is 47.7 Å². The fourth-order valence-electron chi connectivity index (χ4n) is 3.56. The van der Waals surface area contributed by atoms with Gasteiger partial charge in [0.1, 0.15) is 5.82 Å². The number of carbonyl (C=O) groups excluding carboxylic acids is 1. The molecule has 3 atom stereocenters. The molecule has 1 amide bonds. The van der Waals surface area contributed by atoms with Crippen LogP contribution in [0.25, 0.3) is 0 Å². The van der Waals surface area contributed by atoms with E-state index in [-0.39, 0.29) is 29.8 Å². The number of pyridine rings is 1. The second-order valence-electron chi connectivity index (χ2n) is 6.44. The summed E-state index contributed by atoms with van der Waals surface area (Å²) >= 11 is 0. The van der Waals surface area contributed by atoms with Gasteiger partial charge in [0, 0.05) is 30.4 Å². The Bertz CT molecular complexity index is 738. The number of amides is 1. The molecule has 0 bridgehead atoms. The lowest BCUT2D eigenvalue weighted by molar-refractivity contribution is 0.00925. The van der Waals surface area contributed by atoms with E-state index in [0.29, 0.717) is 31.9 Å². The molecule has 5 nitrogen and oxygen atoms in total. The molecule has 0 radical (unpaired) electrons. The van der Waals surface area contributed by atoms with Crippen LogP contribution >= 0.6 is 0 Å². The van der Waals surface area contributed by atoms with Crippen molar-refractivity contribution in [2.24, 2.45) is 5.92 Å². The van der Waals surface area contributed by atoms with Crippen molar-refractivity contribution in [1.29, 1.82) is 0 Å². The van der Waals surface area contributed by atoms with Gasteiger partial charge in [0.2, 0.25) is 0 Å². The fourth-order valence-corrected chi connectivity index (χ4v) is 3.56. The minimum Gasteiger partial charge on any atom is -0.379 e. The summed E-state index contributed by atoms with van der Waals surface area (Å²) in [4.78, 5) is 18.7. The van der Waals surface area contributed by atoms with Gasteiger partial charge >= 0.3 is 0 Å². The fraction of sp³-hybridized carbons (Fsp3) is 0.368. The Balaban J connectivity index is 1.46. The molecule has 0 aliphatic carbocycles.